The van der Waals surface area contributed by atoms with Gasteiger partial charge in [0.1, 0.15) is 0 Å². The molecular weight excluding hydrogens is 370 g/mol. The monoisotopic (exact) mass is 389 g/mol. The van der Waals surface area contributed by atoms with Gasteiger partial charge in [-0.3, -0.25) is 14.3 Å². The number of aromatic amines is 1. The van der Waals surface area contributed by atoms with Crippen molar-refractivity contribution in [3.63, 3.8) is 0 Å². The quantitative estimate of drug-likeness (QED) is 0.390. The number of carbonyl (C=O) groups is 1. The van der Waals surface area contributed by atoms with Crippen molar-refractivity contribution in [3.05, 3.63) is 60.0 Å². The Morgan fingerprint density at radius 2 is 2.07 bits per heavy atom. The molecule has 1 saturated carbocycles. The van der Waals surface area contributed by atoms with Gasteiger partial charge in [0, 0.05) is 46.2 Å². The predicted octanol–water partition coefficient (Wildman–Crippen LogP) is 4.44. The van der Waals surface area contributed by atoms with Crippen LogP contribution in [-0.4, -0.2) is 36.3 Å². The minimum Gasteiger partial charge on any atom is -0.358 e. The lowest BCUT2D eigenvalue weighted by atomic mass is 10.1. The van der Waals surface area contributed by atoms with E-state index >= 15 is 0 Å². The summed E-state index contributed by atoms with van der Waals surface area (Å²) in [5.41, 5.74) is 3.63. The number of ketones is 1. The van der Waals surface area contributed by atoms with Crippen molar-refractivity contribution in [1.82, 2.24) is 24.7 Å². The molecule has 5 rings (SSSR count). The number of Topliss-reactive ketones (excluding diaryl/α,β-unsaturated/α-hetero) is 1. The number of carbonyl (C=O) groups excluding carboxylic acids is 1. The molecule has 0 unspecified atom stereocenters. The summed E-state index contributed by atoms with van der Waals surface area (Å²) < 4.78 is 2.16. The molecule has 7 heteroatoms. The third-order valence-corrected chi connectivity index (χ3v) is 5.94. The summed E-state index contributed by atoms with van der Waals surface area (Å²) in [6.07, 6.45) is 5.79. The van der Waals surface area contributed by atoms with E-state index in [1.807, 2.05) is 43.3 Å². The molecule has 1 N–H and O–H groups in total. The van der Waals surface area contributed by atoms with Crippen LogP contribution in [0.2, 0.25) is 0 Å². The SMILES string of the molecule is Cc1[nH]c2ccccc2c1C(=O)CSc1nnc(-c2cccnc2)n1C1CC1. The van der Waals surface area contributed by atoms with E-state index in [2.05, 4.69) is 24.7 Å². The minimum atomic E-state index is 0.105. The summed E-state index contributed by atoms with van der Waals surface area (Å²) in [7, 11) is 0. The first-order valence-electron chi connectivity index (χ1n) is 9.31. The molecule has 0 aliphatic heterocycles. The molecule has 0 amide bonds. The number of hydrogen-bond donors (Lipinski definition) is 1. The molecule has 1 aliphatic carbocycles. The van der Waals surface area contributed by atoms with E-state index < -0.39 is 0 Å². The molecule has 0 spiro atoms. The molecule has 0 bridgehead atoms. The van der Waals surface area contributed by atoms with Crippen molar-refractivity contribution in [2.24, 2.45) is 0 Å². The Hall–Kier alpha value is -2.93. The maximum absolute atomic E-state index is 13.0. The summed E-state index contributed by atoms with van der Waals surface area (Å²) in [5.74, 6) is 1.27. The van der Waals surface area contributed by atoms with Crippen molar-refractivity contribution in [3.8, 4) is 11.4 Å². The van der Waals surface area contributed by atoms with Crippen molar-refractivity contribution < 1.29 is 4.79 Å². The van der Waals surface area contributed by atoms with Crippen molar-refractivity contribution >= 4 is 28.4 Å². The van der Waals surface area contributed by atoms with Gasteiger partial charge < -0.3 is 4.98 Å². The maximum atomic E-state index is 13.0. The largest absolute Gasteiger partial charge is 0.358 e. The Labute approximate surface area is 166 Å². The molecule has 28 heavy (non-hydrogen) atoms. The number of rotatable bonds is 6. The molecular formula is C21H19N5OS. The highest BCUT2D eigenvalue weighted by atomic mass is 32.2. The normalized spacial score (nSPS) is 13.9. The van der Waals surface area contributed by atoms with Crippen molar-refractivity contribution in [2.75, 3.05) is 5.75 Å². The summed E-state index contributed by atoms with van der Waals surface area (Å²) in [6, 6.07) is 12.2. The van der Waals surface area contributed by atoms with E-state index in [1.54, 1.807) is 12.4 Å². The number of pyridine rings is 1. The van der Waals surface area contributed by atoms with Gasteiger partial charge in [0.25, 0.3) is 0 Å². The van der Waals surface area contributed by atoms with Crippen LogP contribution in [0.5, 0.6) is 0 Å². The zero-order chi connectivity index (χ0) is 19.1. The van der Waals surface area contributed by atoms with Gasteiger partial charge >= 0.3 is 0 Å². The molecule has 0 saturated heterocycles. The van der Waals surface area contributed by atoms with Crippen LogP contribution in [0.4, 0.5) is 0 Å². The van der Waals surface area contributed by atoms with E-state index in [-0.39, 0.29) is 5.78 Å². The molecule has 140 valence electrons. The summed E-state index contributed by atoms with van der Waals surface area (Å²) >= 11 is 1.46. The highest BCUT2D eigenvalue weighted by molar-refractivity contribution is 7.99. The number of aromatic nitrogens is 5. The Bertz CT molecular complexity index is 1160. The number of fused-ring (bicyclic) bond motifs is 1. The van der Waals surface area contributed by atoms with Gasteiger partial charge in [-0.05, 0) is 38.0 Å². The van der Waals surface area contributed by atoms with Crippen LogP contribution < -0.4 is 0 Å². The molecule has 4 aromatic rings. The van der Waals surface area contributed by atoms with Crippen LogP contribution >= 0.6 is 11.8 Å². The second-order valence-corrected chi connectivity index (χ2v) is 7.97. The zero-order valence-corrected chi connectivity index (χ0v) is 16.2. The highest BCUT2D eigenvalue weighted by Crippen LogP contribution is 2.41. The third kappa shape index (κ3) is 3.01. The lowest BCUT2D eigenvalue weighted by Crippen LogP contribution is -2.06. The first-order chi connectivity index (χ1) is 13.7. The average Bonchev–Trinajstić information content (AvgIpc) is 3.37. The smallest absolute Gasteiger partial charge is 0.192 e. The predicted molar refractivity (Wildman–Crippen MR) is 110 cm³/mol. The number of nitrogens with one attached hydrogen (secondary N) is 1. The Kier molecular flexibility index (Phi) is 4.24. The lowest BCUT2D eigenvalue weighted by molar-refractivity contribution is 0.102. The van der Waals surface area contributed by atoms with Gasteiger partial charge in [-0.15, -0.1) is 10.2 Å². The Morgan fingerprint density at radius 1 is 1.21 bits per heavy atom. The lowest BCUT2D eigenvalue weighted by Gasteiger charge is -2.08. The zero-order valence-electron chi connectivity index (χ0n) is 15.4. The van der Waals surface area contributed by atoms with E-state index in [0.29, 0.717) is 11.8 Å². The number of para-hydroxylation sites is 1. The molecule has 0 atom stereocenters. The van der Waals surface area contributed by atoms with E-state index in [0.717, 1.165) is 51.5 Å². The fraction of sp³-hybridized carbons (Fsp3) is 0.238. The van der Waals surface area contributed by atoms with Gasteiger partial charge in [-0.2, -0.15) is 0 Å². The summed E-state index contributed by atoms with van der Waals surface area (Å²) in [6.45, 7) is 1.95. The Morgan fingerprint density at radius 3 is 2.86 bits per heavy atom. The summed E-state index contributed by atoms with van der Waals surface area (Å²) in [4.78, 5) is 20.5. The van der Waals surface area contributed by atoms with Gasteiger partial charge in [0.15, 0.2) is 16.8 Å². The van der Waals surface area contributed by atoms with Gasteiger partial charge in [-0.25, -0.2) is 0 Å². The third-order valence-electron chi connectivity index (χ3n) is 5.00. The van der Waals surface area contributed by atoms with Crippen LogP contribution in [0.25, 0.3) is 22.3 Å². The van der Waals surface area contributed by atoms with Gasteiger partial charge in [0.05, 0.1) is 5.75 Å². The molecule has 3 heterocycles. The number of thioether (sulfide) groups is 1. The summed E-state index contributed by atoms with van der Waals surface area (Å²) in [5, 5.41) is 10.5. The van der Waals surface area contributed by atoms with Crippen LogP contribution in [-0.2, 0) is 0 Å². The first kappa shape index (κ1) is 17.2. The average molecular weight is 389 g/mol. The van der Waals surface area contributed by atoms with E-state index in [1.165, 1.54) is 11.8 Å². The number of hydrogen-bond acceptors (Lipinski definition) is 5. The fourth-order valence-corrected chi connectivity index (χ4v) is 4.45. The second kappa shape index (κ2) is 6.91. The van der Waals surface area contributed by atoms with Gasteiger partial charge in [0.2, 0.25) is 0 Å². The molecule has 6 nitrogen and oxygen atoms in total. The van der Waals surface area contributed by atoms with Gasteiger partial charge in [-0.1, -0.05) is 30.0 Å². The second-order valence-electron chi connectivity index (χ2n) is 7.03. The molecule has 1 aromatic carbocycles. The standard InChI is InChI=1S/C21H19N5OS/c1-13-19(16-6-2-3-7-17(16)23-13)18(27)12-28-21-25-24-20(26(21)15-8-9-15)14-5-4-10-22-11-14/h2-7,10-11,15,23H,8-9,12H2,1H3. The minimum absolute atomic E-state index is 0.105. The van der Waals surface area contributed by atoms with Crippen LogP contribution in [0, 0.1) is 6.92 Å². The van der Waals surface area contributed by atoms with E-state index in [4.69, 9.17) is 0 Å². The number of benzene rings is 1. The molecule has 1 fully saturated rings. The van der Waals surface area contributed by atoms with Crippen molar-refractivity contribution in [1.29, 1.82) is 0 Å². The molecule has 3 aromatic heterocycles. The topological polar surface area (TPSA) is 76.5 Å². The first-order valence-corrected chi connectivity index (χ1v) is 10.3. The van der Waals surface area contributed by atoms with Crippen LogP contribution in [0.15, 0.2) is 53.9 Å². The van der Waals surface area contributed by atoms with Crippen LogP contribution in [0.1, 0.15) is 34.9 Å². The van der Waals surface area contributed by atoms with Crippen molar-refractivity contribution in [2.45, 2.75) is 31.0 Å². The number of H-pyrrole nitrogens is 1. The van der Waals surface area contributed by atoms with Crippen LogP contribution in [0.3, 0.4) is 0 Å². The molecule has 0 radical (unpaired) electrons. The maximum Gasteiger partial charge on any atom is 0.192 e. The number of aryl methyl sites for hydroxylation is 1. The Balaban J connectivity index is 1.42. The van der Waals surface area contributed by atoms with E-state index in [9.17, 15) is 4.79 Å². The number of nitrogens with zero attached hydrogens (tertiary/aromatic N) is 4. The highest BCUT2D eigenvalue weighted by Gasteiger charge is 2.30. The molecule has 1 aliphatic rings. The fourth-order valence-electron chi connectivity index (χ4n) is 3.57.